The summed E-state index contributed by atoms with van der Waals surface area (Å²) >= 11 is 1.83. The molecule has 0 aliphatic heterocycles. The Morgan fingerprint density at radius 3 is 2.90 bits per heavy atom. The van der Waals surface area contributed by atoms with Gasteiger partial charge in [-0.1, -0.05) is 25.1 Å². The number of aromatic carboxylic acids is 1. The van der Waals surface area contributed by atoms with E-state index < -0.39 is 5.97 Å². The van der Waals surface area contributed by atoms with E-state index in [2.05, 4.69) is 23.5 Å². The Balaban J connectivity index is 2.28. The van der Waals surface area contributed by atoms with Crippen molar-refractivity contribution in [2.24, 2.45) is 0 Å². The summed E-state index contributed by atoms with van der Waals surface area (Å²) in [5.74, 6) is -1.00. The van der Waals surface area contributed by atoms with E-state index in [9.17, 15) is 4.79 Å². The van der Waals surface area contributed by atoms with E-state index in [0.717, 1.165) is 24.0 Å². The molecule has 0 bridgehead atoms. The number of rotatable bonds is 6. The average molecular weight is 290 g/mol. The van der Waals surface area contributed by atoms with Crippen LogP contribution in [0.5, 0.6) is 0 Å². The molecule has 5 heteroatoms. The minimum absolute atomic E-state index is 0.0733. The topological polar surface area (TPSA) is 62.2 Å². The molecule has 20 heavy (non-hydrogen) atoms. The van der Waals surface area contributed by atoms with Gasteiger partial charge < -0.3 is 10.4 Å². The standard InChI is InChI=1S/C15H18N2O2S/c1-10(20-2)7-8-16-13-9-14(15(18)19)17-12-6-4-3-5-11(12)13/h3-6,9-10H,7-8H2,1-2H3,(H,16,17)(H,18,19). The van der Waals surface area contributed by atoms with Gasteiger partial charge >= 0.3 is 5.97 Å². The maximum atomic E-state index is 11.1. The highest BCUT2D eigenvalue weighted by Gasteiger charge is 2.10. The van der Waals surface area contributed by atoms with E-state index >= 15 is 0 Å². The van der Waals surface area contributed by atoms with Crippen molar-refractivity contribution in [2.75, 3.05) is 18.1 Å². The Hall–Kier alpha value is -1.75. The number of fused-ring (bicyclic) bond motifs is 1. The monoisotopic (exact) mass is 290 g/mol. The fourth-order valence-electron chi connectivity index (χ4n) is 1.96. The van der Waals surface area contributed by atoms with Gasteiger partial charge in [-0.2, -0.15) is 11.8 Å². The lowest BCUT2D eigenvalue weighted by atomic mass is 10.1. The second-order valence-corrected chi connectivity index (χ2v) is 5.92. The number of hydrogen-bond acceptors (Lipinski definition) is 4. The normalized spacial score (nSPS) is 12.3. The first kappa shape index (κ1) is 14.7. The lowest BCUT2D eigenvalue weighted by molar-refractivity contribution is 0.0691. The molecule has 0 fully saturated rings. The molecule has 0 saturated heterocycles. The number of aromatic nitrogens is 1. The Bertz CT molecular complexity index is 616. The number of nitrogens with one attached hydrogen (secondary N) is 1. The van der Waals surface area contributed by atoms with Gasteiger partial charge in [-0.15, -0.1) is 0 Å². The van der Waals surface area contributed by atoms with Crippen LogP contribution in [-0.2, 0) is 0 Å². The van der Waals surface area contributed by atoms with Crippen LogP contribution in [0.15, 0.2) is 30.3 Å². The minimum atomic E-state index is -1.00. The van der Waals surface area contributed by atoms with Gasteiger partial charge in [-0.05, 0) is 24.8 Å². The summed E-state index contributed by atoms with van der Waals surface area (Å²) in [6.07, 6.45) is 3.12. The summed E-state index contributed by atoms with van der Waals surface area (Å²) in [4.78, 5) is 15.3. The molecule has 1 aromatic carbocycles. The van der Waals surface area contributed by atoms with Crippen LogP contribution in [0.3, 0.4) is 0 Å². The number of pyridine rings is 1. The van der Waals surface area contributed by atoms with Crippen molar-refractivity contribution in [3.8, 4) is 0 Å². The van der Waals surface area contributed by atoms with Crippen LogP contribution in [0.1, 0.15) is 23.8 Å². The summed E-state index contributed by atoms with van der Waals surface area (Å²) in [6, 6.07) is 9.18. The quantitative estimate of drug-likeness (QED) is 0.852. The molecule has 2 aromatic rings. The van der Waals surface area contributed by atoms with E-state index in [0.29, 0.717) is 10.8 Å². The van der Waals surface area contributed by atoms with Crippen molar-refractivity contribution < 1.29 is 9.90 Å². The van der Waals surface area contributed by atoms with E-state index in [-0.39, 0.29) is 5.69 Å². The molecule has 0 saturated carbocycles. The first-order valence-electron chi connectivity index (χ1n) is 6.51. The predicted molar refractivity (Wildman–Crippen MR) is 84.8 cm³/mol. The van der Waals surface area contributed by atoms with Crippen molar-refractivity contribution in [3.05, 3.63) is 36.0 Å². The molecular formula is C15H18N2O2S. The fourth-order valence-corrected chi connectivity index (χ4v) is 2.31. The minimum Gasteiger partial charge on any atom is -0.477 e. The Morgan fingerprint density at radius 2 is 2.20 bits per heavy atom. The number of nitrogens with zero attached hydrogens (tertiary/aromatic N) is 1. The highest BCUT2D eigenvalue weighted by atomic mass is 32.2. The van der Waals surface area contributed by atoms with Gasteiger partial charge in [-0.25, -0.2) is 9.78 Å². The Labute approximate surface area is 122 Å². The first-order chi connectivity index (χ1) is 9.61. The highest BCUT2D eigenvalue weighted by molar-refractivity contribution is 7.99. The Morgan fingerprint density at radius 1 is 1.45 bits per heavy atom. The molecule has 1 unspecified atom stereocenters. The third-order valence-corrected chi connectivity index (χ3v) is 4.24. The lowest BCUT2D eigenvalue weighted by Gasteiger charge is -2.12. The molecule has 0 aliphatic carbocycles. The highest BCUT2D eigenvalue weighted by Crippen LogP contribution is 2.23. The summed E-state index contributed by atoms with van der Waals surface area (Å²) in [7, 11) is 0. The van der Waals surface area contributed by atoms with Crippen molar-refractivity contribution in [1.82, 2.24) is 4.98 Å². The zero-order valence-corrected chi connectivity index (χ0v) is 12.4. The van der Waals surface area contributed by atoms with Gasteiger partial charge in [0.1, 0.15) is 0 Å². The number of para-hydroxylation sites is 1. The van der Waals surface area contributed by atoms with Crippen LogP contribution in [0.2, 0.25) is 0 Å². The summed E-state index contributed by atoms with van der Waals surface area (Å²) in [6.45, 7) is 2.99. The van der Waals surface area contributed by atoms with Gasteiger partial charge in [0, 0.05) is 22.9 Å². The molecule has 0 radical (unpaired) electrons. The largest absolute Gasteiger partial charge is 0.477 e. The molecule has 106 valence electrons. The van der Waals surface area contributed by atoms with Crippen LogP contribution in [0.25, 0.3) is 10.9 Å². The summed E-state index contributed by atoms with van der Waals surface area (Å²) in [5, 5.41) is 14.0. The van der Waals surface area contributed by atoms with Gasteiger partial charge in [0.05, 0.1) is 5.52 Å². The maximum absolute atomic E-state index is 11.1. The van der Waals surface area contributed by atoms with Crippen LogP contribution in [0, 0.1) is 0 Å². The third-order valence-electron chi connectivity index (χ3n) is 3.20. The second kappa shape index (κ2) is 6.61. The van der Waals surface area contributed by atoms with E-state index in [4.69, 9.17) is 5.11 Å². The van der Waals surface area contributed by atoms with E-state index in [1.54, 1.807) is 6.07 Å². The number of hydrogen-bond donors (Lipinski definition) is 2. The third kappa shape index (κ3) is 3.42. The Kier molecular flexibility index (Phi) is 4.84. The lowest BCUT2D eigenvalue weighted by Crippen LogP contribution is -2.09. The molecule has 2 N–H and O–H groups in total. The number of anilines is 1. The number of carboxylic acid groups (broad SMARTS) is 1. The molecular weight excluding hydrogens is 272 g/mol. The number of benzene rings is 1. The summed E-state index contributed by atoms with van der Waals surface area (Å²) in [5.41, 5.74) is 1.61. The first-order valence-corrected chi connectivity index (χ1v) is 7.80. The van der Waals surface area contributed by atoms with Crippen LogP contribution >= 0.6 is 11.8 Å². The maximum Gasteiger partial charge on any atom is 0.354 e. The van der Waals surface area contributed by atoms with Crippen molar-refractivity contribution in [3.63, 3.8) is 0 Å². The van der Waals surface area contributed by atoms with Gasteiger partial charge in [0.25, 0.3) is 0 Å². The van der Waals surface area contributed by atoms with Crippen LogP contribution in [-0.4, -0.2) is 34.1 Å². The van der Waals surface area contributed by atoms with Crippen molar-refractivity contribution in [1.29, 1.82) is 0 Å². The van der Waals surface area contributed by atoms with Crippen LogP contribution in [0.4, 0.5) is 5.69 Å². The van der Waals surface area contributed by atoms with E-state index in [1.165, 1.54) is 0 Å². The van der Waals surface area contributed by atoms with Crippen molar-refractivity contribution in [2.45, 2.75) is 18.6 Å². The smallest absolute Gasteiger partial charge is 0.354 e. The number of carbonyl (C=O) groups is 1. The second-order valence-electron chi connectivity index (χ2n) is 4.64. The zero-order chi connectivity index (χ0) is 14.5. The summed E-state index contributed by atoms with van der Waals surface area (Å²) < 4.78 is 0. The molecule has 1 heterocycles. The molecule has 0 amide bonds. The van der Waals surface area contributed by atoms with Gasteiger partial charge in [0.2, 0.25) is 0 Å². The van der Waals surface area contributed by atoms with Gasteiger partial charge in [0.15, 0.2) is 5.69 Å². The molecule has 0 spiro atoms. The van der Waals surface area contributed by atoms with Crippen LogP contribution < -0.4 is 5.32 Å². The van der Waals surface area contributed by atoms with E-state index in [1.807, 2.05) is 36.0 Å². The number of thioether (sulfide) groups is 1. The molecule has 1 atom stereocenters. The van der Waals surface area contributed by atoms with Crippen molar-refractivity contribution >= 4 is 34.3 Å². The fraction of sp³-hybridized carbons (Fsp3) is 0.333. The molecule has 4 nitrogen and oxygen atoms in total. The number of carboxylic acids is 1. The molecule has 2 rings (SSSR count). The predicted octanol–water partition coefficient (Wildman–Crippen LogP) is 3.49. The average Bonchev–Trinajstić information content (AvgIpc) is 2.46. The zero-order valence-electron chi connectivity index (χ0n) is 11.6. The molecule has 1 aromatic heterocycles. The SMILES string of the molecule is CSC(C)CCNc1cc(C(=O)O)nc2ccccc12. The molecule has 0 aliphatic rings. The van der Waals surface area contributed by atoms with Gasteiger partial charge in [-0.3, -0.25) is 0 Å².